The zero-order chi connectivity index (χ0) is 21.3. The number of hydrogen-bond acceptors (Lipinski definition) is 4. The van der Waals surface area contributed by atoms with Crippen molar-refractivity contribution in [3.63, 3.8) is 0 Å². The van der Waals surface area contributed by atoms with Gasteiger partial charge in [0.05, 0.1) is 22.5 Å². The maximum Gasteiger partial charge on any atom is 0.260 e. The van der Waals surface area contributed by atoms with Gasteiger partial charge in [-0.3, -0.25) is 9.59 Å². The van der Waals surface area contributed by atoms with Gasteiger partial charge in [-0.15, -0.1) is 0 Å². The molecule has 1 saturated heterocycles. The molecule has 2 aliphatic rings. The molecule has 0 aromatic heterocycles. The zero-order valence-corrected chi connectivity index (χ0v) is 18.2. The molecule has 2 aromatic carbocycles. The summed E-state index contributed by atoms with van der Waals surface area (Å²) in [5.41, 5.74) is 2.22. The van der Waals surface area contributed by atoms with Crippen LogP contribution in [0.3, 0.4) is 0 Å². The Labute approximate surface area is 182 Å². The average molecular weight is 427 g/mol. The predicted molar refractivity (Wildman–Crippen MR) is 121 cm³/mol. The molecule has 6 nitrogen and oxygen atoms in total. The van der Waals surface area contributed by atoms with Crippen LogP contribution in [0.2, 0.25) is 5.02 Å². The monoisotopic (exact) mass is 426 g/mol. The second kappa shape index (κ2) is 8.76. The molecule has 0 atom stereocenters. The smallest absolute Gasteiger partial charge is 0.260 e. The maximum absolute atomic E-state index is 13.5. The molecule has 2 aromatic rings. The van der Waals surface area contributed by atoms with Gasteiger partial charge in [-0.1, -0.05) is 23.7 Å². The minimum atomic E-state index is -0.170. The summed E-state index contributed by atoms with van der Waals surface area (Å²) in [6.07, 6.45) is 0.837. The van der Waals surface area contributed by atoms with Crippen LogP contribution in [0, 0.1) is 0 Å². The fraction of sp³-hybridized carbons (Fsp3) is 0.391. The highest BCUT2D eigenvalue weighted by molar-refractivity contribution is 6.31. The van der Waals surface area contributed by atoms with Crippen molar-refractivity contribution in [1.82, 2.24) is 9.80 Å². The van der Waals surface area contributed by atoms with E-state index >= 15 is 0 Å². The van der Waals surface area contributed by atoms with Crippen molar-refractivity contribution in [3.8, 4) is 0 Å². The Balaban J connectivity index is 1.63. The third-order valence-corrected chi connectivity index (χ3v) is 6.21. The van der Waals surface area contributed by atoms with E-state index in [4.69, 9.17) is 11.6 Å². The highest BCUT2D eigenvalue weighted by atomic mass is 35.5. The van der Waals surface area contributed by atoms with Gasteiger partial charge in [0, 0.05) is 44.8 Å². The fourth-order valence-electron chi connectivity index (χ4n) is 4.15. The molecule has 158 valence electrons. The maximum atomic E-state index is 13.5. The van der Waals surface area contributed by atoms with Crippen molar-refractivity contribution in [1.29, 1.82) is 0 Å². The quantitative estimate of drug-likeness (QED) is 0.753. The predicted octanol–water partition coefficient (Wildman–Crippen LogP) is 3.21. The topological polar surface area (TPSA) is 47.1 Å². The SMILES string of the molecule is CN1CCN(CCCN2C(=O)c3ccccc3N(C)C(=O)c3cc(Cl)ccc32)CC1. The van der Waals surface area contributed by atoms with Crippen molar-refractivity contribution in [2.45, 2.75) is 6.42 Å². The summed E-state index contributed by atoms with van der Waals surface area (Å²) in [5.74, 6) is -0.261. The molecule has 0 spiro atoms. The van der Waals surface area contributed by atoms with Crippen LogP contribution in [0.25, 0.3) is 0 Å². The van der Waals surface area contributed by atoms with Gasteiger partial charge in [0.1, 0.15) is 0 Å². The van der Waals surface area contributed by atoms with Gasteiger partial charge in [0.2, 0.25) is 0 Å². The lowest BCUT2D eigenvalue weighted by molar-refractivity contribution is 0.0975. The van der Waals surface area contributed by atoms with E-state index < -0.39 is 0 Å². The highest BCUT2D eigenvalue weighted by Crippen LogP contribution is 2.33. The Morgan fingerprint density at radius 3 is 2.33 bits per heavy atom. The first kappa shape index (κ1) is 20.8. The van der Waals surface area contributed by atoms with E-state index in [2.05, 4.69) is 16.8 Å². The molecule has 0 bridgehead atoms. The fourth-order valence-corrected chi connectivity index (χ4v) is 4.32. The van der Waals surface area contributed by atoms with Crippen LogP contribution < -0.4 is 9.80 Å². The molecule has 1 fully saturated rings. The number of hydrogen-bond donors (Lipinski definition) is 0. The van der Waals surface area contributed by atoms with E-state index in [9.17, 15) is 9.59 Å². The molecule has 2 heterocycles. The summed E-state index contributed by atoms with van der Waals surface area (Å²) in [5, 5.41) is 0.481. The number of carbonyl (C=O) groups excluding carboxylic acids is 2. The van der Waals surface area contributed by atoms with Crippen molar-refractivity contribution >= 4 is 34.8 Å². The van der Waals surface area contributed by atoms with Crippen LogP contribution in [0.5, 0.6) is 0 Å². The molecule has 7 heteroatoms. The number of carbonyl (C=O) groups is 2. The number of para-hydroxylation sites is 1. The lowest BCUT2D eigenvalue weighted by Crippen LogP contribution is -2.45. The number of anilines is 2. The minimum Gasteiger partial charge on any atom is -0.311 e. The Morgan fingerprint density at radius 2 is 1.57 bits per heavy atom. The average Bonchev–Trinajstić information content (AvgIpc) is 2.76. The summed E-state index contributed by atoms with van der Waals surface area (Å²) in [4.78, 5) is 34.8. The summed E-state index contributed by atoms with van der Waals surface area (Å²) >= 11 is 6.20. The van der Waals surface area contributed by atoms with E-state index in [0.717, 1.165) is 39.1 Å². The van der Waals surface area contributed by atoms with E-state index in [1.165, 1.54) is 4.90 Å². The second-order valence-corrected chi connectivity index (χ2v) is 8.43. The number of nitrogens with zero attached hydrogens (tertiary/aromatic N) is 4. The van der Waals surface area contributed by atoms with Crippen molar-refractivity contribution in [2.75, 3.05) is 63.2 Å². The normalized spacial score (nSPS) is 18.1. The molecule has 0 radical (unpaired) electrons. The molecule has 4 rings (SSSR count). The molecule has 0 aliphatic carbocycles. The first-order chi connectivity index (χ1) is 14.5. The van der Waals surface area contributed by atoms with Crippen LogP contribution in [0.15, 0.2) is 42.5 Å². The number of rotatable bonds is 4. The Kier molecular flexibility index (Phi) is 6.09. The van der Waals surface area contributed by atoms with Gasteiger partial charge in [-0.2, -0.15) is 0 Å². The van der Waals surface area contributed by atoms with Gasteiger partial charge in [-0.05, 0) is 50.3 Å². The van der Waals surface area contributed by atoms with Crippen molar-refractivity contribution < 1.29 is 9.59 Å². The first-order valence-corrected chi connectivity index (χ1v) is 10.7. The van der Waals surface area contributed by atoms with Gasteiger partial charge in [0.25, 0.3) is 11.8 Å². The minimum absolute atomic E-state index is 0.0908. The molecule has 0 N–H and O–H groups in total. The Morgan fingerprint density at radius 1 is 0.833 bits per heavy atom. The molecule has 0 saturated carbocycles. The third kappa shape index (κ3) is 4.08. The van der Waals surface area contributed by atoms with E-state index in [1.807, 2.05) is 18.2 Å². The number of benzene rings is 2. The molecule has 0 unspecified atom stereocenters. The van der Waals surface area contributed by atoms with Crippen LogP contribution >= 0.6 is 11.6 Å². The largest absolute Gasteiger partial charge is 0.311 e. The van der Waals surface area contributed by atoms with Gasteiger partial charge < -0.3 is 19.6 Å². The molecule has 30 heavy (non-hydrogen) atoms. The van der Waals surface area contributed by atoms with Gasteiger partial charge in [0.15, 0.2) is 0 Å². The first-order valence-electron chi connectivity index (χ1n) is 10.3. The molecular formula is C23H27ClN4O2. The zero-order valence-electron chi connectivity index (χ0n) is 17.5. The van der Waals surface area contributed by atoms with Gasteiger partial charge >= 0.3 is 0 Å². The highest BCUT2D eigenvalue weighted by Gasteiger charge is 2.31. The molecular weight excluding hydrogens is 400 g/mol. The number of fused-ring (bicyclic) bond motifs is 2. The summed E-state index contributed by atoms with van der Waals surface area (Å²) < 4.78 is 0. The van der Waals surface area contributed by atoms with Crippen molar-refractivity contribution in [3.05, 3.63) is 58.6 Å². The Bertz CT molecular complexity index is 956. The number of amides is 2. The molecule has 2 aliphatic heterocycles. The van der Waals surface area contributed by atoms with E-state index in [0.29, 0.717) is 34.1 Å². The summed E-state index contributed by atoms with van der Waals surface area (Å²) in [6.45, 7) is 5.70. The second-order valence-electron chi connectivity index (χ2n) is 8.00. The lowest BCUT2D eigenvalue weighted by Gasteiger charge is -2.34. The van der Waals surface area contributed by atoms with E-state index in [1.54, 1.807) is 36.2 Å². The number of piperazine rings is 1. The molecule has 2 amide bonds. The lowest BCUT2D eigenvalue weighted by atomic mass is 10.0. The van der Waals surface area contributed by atoms with Crippen LogP contribution in [0.1, 0.15) is 27.1 Å². The van der Waals surface area contributed by atoms with Gasteiger partial charge in [-0.25, -0.2) is 0 Å². The number of likely N-dealkylation sites (N-methyl/N-ethyl adjacent to an activating group) is 1. The van der Waals surface area contributed by atoms with Crippen LogP contribution in [-0.2, 0) is 0 Å². The summed E-state index contributed by atoms with van der Waals surface area (Å²) in [7, 11) is 3.84. The standard InChI is InChI=1S/C23H27ClN4O2/c1-25-12-14-27(15-13-25)10-5-11-28-21-9-8-17(24)16-19(21)22(29)26(2)20-7-4-3-6-18(20)23(28)30/h3-4,6-9,16H,5,10-15H2,1-2H3. The third-order valence-electron chi connectivity index (χ3n) is 5.98. The van der Waals surface area contributed by atoms with Crippen LogP contribution in [-0.4, -0.2) is 75.0 Å². The van der Waals surface area contributed by atoms with E-state index in [-0.39, 0.29) is 11.8 Å². The van der Waals surface area contributed by atoms with Crippen LogP contribution in [0.4, 0.5) is 11.4 Å². The Hall–Kier alpha value is -2.41. The number of halogens is 1. The summed E-state index contributed by atoms with van der Waals surface area (Å²) in [6, 6.07) is 12.5. The van der Waals surface area contributed by atoms with Crippen molar-refractivity contribution in [2.24, 2.45) is 0 Å².